The second-order valence-electron chi connectivity index (χ2n) is 7.70. The van der Waals surface area contributed by atoms with Crippen LogP contribution in [-0.4, -0.2) is 76.0 Å². The minimum Gasteiger partial charge on any atom is -0.383 e. The Labute approximate surface area is 183 Å². The summed E-state index contributed by atoms with van der Waals surface area (Å²) in [4.78, 5) is 23.3. The van der Waals surface area contributed by atoms with Crippen molar-refractivity contribution >= 4 is 21.9 Å². The van der Waals surface area contributed by atoms with E-state index in [4.69, 9.17) is 4.74 Å². The molecule has 2 aromatic rings. The summed E-state index contributed by atoms with van der Waals surface area (Å²) in [7, 11) is 1.74. The molecule has 31 heavy (non-hydrogen) atoms. The summed E-state index contributed by atoms with van der Waals surface area (Å²) < 4.78 is 32.4. The van der Waals surface area contributed by atoms with E-state index < -0.39 is 10.0 Å². The third-order valence-corrected chi connectivity index (χ3v) is 6.98. The highest BCUT2D eigenvalue weighted by Crippen LogP contribution is 2.31. The Morgan fingerprint density at radius 3 is 2.71 bits per heavy atom. The Kier molecular flexibility index (Phi) is 7.58. The van der Waals surface area contributed by atoms with Gasteiger partial charge in [0.05, 0.1) is 23.6 Å². The van der Waals surface area contributed by atoms with Crippen LogP contribution in [0.3, 0.4) is 0 Å². The normalized spacial score (nSPS) is 16.9. The largest absolute Gasteiger partial charge is 0.383 e. The molecular weight excluding hydrogens is 418 g/mol. The van der Waals surface area contributed by atoms with E-state index in [-0.39, 0.29) is 24.1 Å². The molecule has 1 aromatic carbocycles. The summed E-state index contributed by atoms with van der Waals surface area (Å²) in [6, 6.07) is 9.13. The van der Waals surface area contributed by atoms with Crippen LogP contribution in [0.15, 0.2) is 36.5 Å². The molecule has 1 amide bonds. The number of ether oxygens (including phenoxy) is 1. The number of carbonyl (C=O) groups is 1. The summed E-state index contributed by atoms with van der Waals surface area (Å²) in [6.45, 7) is 1.45. The average molecular weight is 448 g/mol. The standard InChI is InChI=1S/C21H29N5O4S/c1-25(2)21-23-13-18(20(27)22-10-12-30-3)19(24-21)17-9-11-26(14-17)31(28,29)15-16-7-5-4-6-8-16/h4-8,13,17H,9-12,14-15H2,1-3H3,(H,22,27). The van der Waals surface area contributed by atoms with Crippen LogP contribution in [-0.2, 0) is 20.5 Å². The van der Waals surface area contributed by atoms with Crippen LogP contribution >= 0.6 is 0 Å². The fraction of sp³-hybridized carbons (Fsp3) is 0.476. The molecule has 168 valence electrons. The van der Waals surface area contributed by atoms with Gasteiger partial charge in [-0.05, 0) is 12.0 Å². The van der Waals surface area contributed by atoms with Crippen molar-refractivity contribution in [3.8, 4) is 0 Å². The highest BCUT2D eigenvalue weighted by Gasteiger charge is 2.35. The lowest BCUT2D eigenvalue weighted by Crippen LogP contribution is -2.31. The van der Waals surface area contributed by atoms with Crippen LogP contribution in [0.5, 0.6) is 0 Å². The Morgan fingerprint density at radius 1 is 1.29 bits per heavy atom. The van der Waals surface area contributed by atoms with Crippen LogP contribution in [0.1, 0.15) is 34.0 Å². The first-order valence-electron chi connectivity index (χ1n) is 10.1. The Hall–Kier alpha value is -2.56. The molecule has 3 rings (SSSR count). The lowest BCUT2D eigenvalue weighted by atomic mass is 10.00. The van der Waals surface area contributed by atoms with Crippen molar-refractivity contribution in [1.29, 1.82) is 0 Å². The van der Waals surface area contributed by atoms with Gasteiger partial charge >= 0.3 is 0 Å². The van der Waals surface area contributed by atoms with E-state index in [1.165, 1.54) is 10.5 Å². The molecule has 10 heteroatoms. The second kappa shape index (κ2) is 10.2. The fourth-order valence-electron chi connectivity index (χ4n) is 3.53. The van der Waals surface area contributed by atoms with Crippen LogP contribution in [0, 0.1) is 0 Å². The molecule has 0 aliphatic carbocycles. The molecule has 1 atom stereocenters. The molecule has 2 heterocycles. The summed E-state index contributed by atoms with van der Waals surface area (Å²) in [5, 5.41) is 2.80. The zero-order valence-electron chi connectivity index (χ0n) is 18.1. The number of sulfonamides is 1. The minimum atomic E-state index is -3.47. The highest BCUT2D eigenvalue weighted by atomic mass is 32.2. The summed E-state index contributed by atoms with van der Waals surface area (Å²) >= 11 is 0. The molecular formula is C21H29N5O4S. The number of rotatable bonds is 9. The van der Waals surface area contributed by atoms with Gasteiger partial charge in [-0.2, -0.15) is 0 Å². The Balaban J connectivity index is 1.81. The van der Waals surface area contributed by atoms with Gasteiger partial charge in [0, 0.05) is 53.0 Å². The van der Waals surface area contributed by atoms with Crippen LogP contribution < -0.4 is 10.2 Å². The Bertz CT molecular complexity index is 998. The molecule has 1 unspecified atom stereocenters. The fourth-order valence-corrected chi connectivity index (χ4v) is 5.12. The van der Waals surface area contributed by atoms with E-state index in [9.17, 15) is 13.2 Å². The molecule has 0 saturated carbocycles. The Morgan fingerprint density at radius 2 is 2.03 bits per heavy atom. The topological polar surface area (TPSA) is 105 Å². The summed E-state index contributed by atoms with van der Waals surface area (Å²) in [5.41, 5.74) is 1.70. The van der Waals surface area contributed by atoms with Gasteiger partial charge in [0.1, 0.15) is 0 Å². The first-order chi connectivity index (χ1) is 14.8. The molecule has 1 aliphatic heterocycles. The number of hydrogen-bond donors (Lipinski definition) is 1. The number of nitrogens with one attached hydrogen (secondary N) is 1. The number of aromatic nitrogens is 2. The SMILES string of the molecule is COCCNC(=O)c1cnc(N(C)C)nc1C1CCN(S(=O)(=O)Cc2ccccc2)C1. The number of anilines is 1. The van der Waals surface area contributed by atoms with Crippen molar-refractivity contribution in [2.45, 2.75) is 18.1 Å². The molecule has 1 aromatic heterocycles. The average Bonchev–Trinajstić information content (AvgIpc) is 3.25. The number of methoxy groups -OCH3 is 1. The van der Waals surface area contributed by atoms with Gasteiger partial charge in [0.15, 0.2) is 0 Å². The van der Waals surface area contributed by atoms with Gasteiger partial charge in [-0.3, -0.25) is 4.79 Å². The third-order valence-electron chi connectivity index (χ3n) is 5.16. The van der Waals surface area contributed by atoms with Gasteiger partial charge in [0.25, 0.3) is 5.91 Å². The van der Waals surface area contributed by atoms with Crippen molar-refractivity contribution < 1.29 is 17.9 Å². The van der Waals surface area contributed by atoms with Crippen LogP contribution in [0.25, 0.3) is 0 Å². The number of amides is 1. The number of hydrogen-bond acceptors (Lipinski definition) is 7. The van der Waals surface area contributed by atoms with Gasteiger partial charge in [-0.25, -0.2) is 22.7 Å². The first kappa shape index (κ1) is 23.1. The number of nitrogens with zero attached hydrogens (tertiary/aromatic N) is 4. The molecule has 9 nitrogen and oxygen atoms in total. The number of benzene rings is 1. The van der Waals surface area contributed by atoms with E-state index in [1.807, 2.05) is 32.3 Å². The molecule has 0 spiro atoms. The van der Waals surface area contributed by atoms with E-state index >= 15 is 0 Å². The van der Waals surface area contributed by atoms with Crippen LogP contribution in [0.2, 0.25) is 0 Å². The molecule has 0 radical (unpaired) electrons. The van der Waals surface area contributed by atoms with Gasteiger partial charge in [-0.1, -0.05) is 30.3 Å². The van der Waals surface area contributed by atoms with Crippen molar-refractivity contribution in [2.24, 2.45) is 0 Å². The zero-order valence-corrected chi connectivity index (χ0v) is 18.9. The molecule has 1 saturated heterocycles. The maximum Gasteiger partial charge on any atom is 0.254 e. The maximum absolute atomic E-state index is 12.9. The third kappa shape index (κ3) is 5.78. The van der Waals surface area contributed by atoms with Gasteiger partial charge in [-0.15, -0.1) is 0 Å². The van der Waals surface area contributed by atoms with Crippen molar-refractivity contribution in [3.63, 3.8) is 0 Å². The summed E-state index contributed by atoms with van der Waals surface area (Å²) in [6.07, 6.45) is 2.11. The monoisotopic (exact) mass is 447 g/mol. The second-order valence-corrected chi connectivity index (χ2v) is 9.67. The van der Waals surface area contributed by atoms with Crippen molar-refractivity contribution in [3.05, 3.63) is 53.3 Å². The van der Waals surface area contributed by atoms with Crippen LogP contribution in [0.4, 0.5) is 5.95 Å². The quantitative estimate of drug-likeness (QED) is 0.577. The van der Waals surface area contributed by atoms with Gasteiger partial charge < -0.3 is 15.0 Å². The maximum atomic E-state index is 12.9. The zero-order chi connectivity index (χ0) is 22.4. The van der Waals surface area contributed by atoms with Crippen molar-refractivity contribution in [2.75, 3.05) is 52.3 Å². The minimum absolute atomic E-state index is 0.0440. The lowest BCUT2D eigenvalue weighted by molar-refractivity contribution is 0.0935. The summed E-state index contributed by atoms with van der Waals surface area (Å²) in [5.74, 6) is -0.0371. The molecule has 1 fully saturated rings. The molecule has 1 aliphatic rings. The predicted octanol–water partition coefficient (Wildman–Crippen LogP) is 1.24. The molecule has 0 bridgehead atoms. The predicted molar refractivity (Wildman–Crippen MR) is 119 cm³/mol. The highest BCUT2D eigenvalue weighted by molar-refractivity contribution is 7.88. The van der Waals surface area contributed by atoms with Gasteiger partial charge in [0.2, 0.25) is 16.0 Å². The molecule has 1 N–H and O–H groups in total. The smallest absolute Gasteiger partial charge is 0.254 e. The first-order valence-corrected chi connectivity index (χ1v) is 11.8. The van der Waals surface area contributed by atoms with E-state index in [2.05, 4.69) is 15.3 Å². The van der Waals surface area contributed by atoms with E-state index in [0.717, 1.165) is 5.56 Å². The van der Waals surface area contributed by atoms with E-state index in [1.54, 1.807) is 24.1 Å². The number of carbonyl (C=O) groups excluding carboxylic acids is 1. The van der Waals surface area contributed by atoms with E-state index in [0.29, 0.717) is 43.3 Å². The van der Waals surface area contributed by atoms with Crippen molar-refractivity contribution in [1.82, 2.24) is 19.6 Å². The lowest BCUT2D eigenvalue weighted by Gasteiger charge is -2.19.